The molecule has 1 aliphatic carbocycles. The summed E-state index contributed by atoms with van der Waals surface area (Å²) in [4.78, 5) is 23.6. The minimum atomic E-state index is -0.299. The summed E-state index contributed by atoms with van der Waals surface area (Å²) in [6.07, 6.45) is 5.60. The maximum absolute atomic E-state index is 12.4. The third kappa shape index (κ3) is 4.31. The van der Waals surface area contributed by atoms with Crippen molar-refractivity contribution in [3.63, 3.8) is 0 Å². The van der Waals surface area contributed by atoms with Gasteiger partial charge in [-0.2, -0.15) is 0 Å². The minimum Gasteiger partial charge on any atom is -0.497 e. The predicted molar refractivity (Wildman–Crippen MR) is 118 cm³/mol. The standard InChI is InChI=1S/C21H23N3O2S2/c1-26-16-9-7-15(8-10-16)22-18(25)14-28-20-19(17-6-5-13-27-17)23-21(24-20)11-3-2-4-12-21/h5-10,13H,2-4,11-12,14H2,1H3,(H,22,25). The van der Waals surface area contributed by atoms with Crippen LogP contribution in [-0.2, 0) is 4.79 Å². The number of nitrogens with zero attached hydrogens (tertiary/aromatic N) is 2. The summed E-state index contributed by atoms with van der Waals surface area (Å²) in [7, 11) is 1.62. The highest BCUT2D eigenvalue weighted by Gasteiger charge is 2.38. The van der Waals surface area contributed by atoms with Crippen LogP contribution in [0.4, 0.5) is 5.69 Å². The van der Waals surface area contributed by atoms with Gasteiger partial charge in [0.15, 0.2) is 5.66 Å². The Balaban J connectivity index is 1.44. The van der Waals surface area contributed by atoms with Gasteiger partial charge in [0.1, 0.15) is 16.5 Å². The van der Waals surface area contributed by atoms with E-state index < -0.39 is 0 Å². The van der Waals surface area contributed by atoms with E-state index in [9.17, 15) is 4.79 Å². The SMILES string of the molecule is COc1ccc(NC(=O)CSC2=NC3(CCCCC3)N=C2c2cccs2)cc1. The van der Waals surface area contributed by atoms with Gasteiger partial charge in [-0.25, -0.2) is 4.99 Å². The van der Waals surface area contributed by atoms with Crippen molar-refractivity contribution in [3.05, 3.63) is 46.7 Å². The molecule has 1 aromatic heterocycles. The van der Waals surface area contributed by atoms with Crippen LogP contribution in [0.25, 0.3) is 0 Å². The number of carbonyl (C=O) groups is 1. The van der Waals surface area contributed by atoms with E-state index in [1.54, 1.807) is 18.4 Å². The second kappa shape index (κ2) is 8.49. The Bertz CT molecular complexity index is 883. The molecule has 0 radical (unpaired) electrons. The van der Waals surface area contributed by atoms with Crippen molar-refractivity contribution in [2.24, 2.45) is 9.98 Å². The number of carbonyl (C=O) groups excluding carboxylic acids is 1. The summed E-state index contributed by atoms with van der Waals surface area (Å²) < 4.78 is 5.15. The summed E-state index contributed by atoms with van der Waals surface area (Å²) in [6.45, 7) is 0. The average Bonchev–Trinajstić information content (AvgIpc) is 3.36. The molecule has 0 atom stereocenters. The molecule has 2 heterocycles. The third-order valence-electron chi connectivity index (χ3n) is 4.95. The van der Waals surface area contributed by atoms with Crippen LogP contribution >= 0.6 is 23.1 Å². The fourth-order valence-electron chi connectivity index (χ4n) is 3.54. The van der Waals surface area contributed by atoms with Crippen LogP contribution in [0.3, 0.4) is 0 Å². The number of anilines is 1. The molecule has 1 aromatic carbocycles. The first-order valence-corrected chi connectivity index (χ1v) is 11.3. The van der Waals surface area contributed by atoms with Gasteiger partial charge in [0.25, 0.3) is 0 Å². The Morgan fingerprint density at radius 3 is 2.64 bits per heavy atom. The Morgan fingerprint density at radius 2 is 1.96 bits per heavy atom. The molecule has 1 saturated carbocycles. The van der Waals surface area contributed by atoms with Crippen LogP contribution < -0.4 is 10.1 Å². The first kappa shape index (κ1) is 19.2. The van der Waals surface area contributed by atoms with Crippen molar-refractivity contribution in [2.45, 2.75) is 37.8 Å². The Hall–Kier alpha value is -2.12. The molecule has 28 heavy (non-hydrogen) atoms. The molecule has 4 rings (SSSR count). The summed E-state index contributed by atoms with van der Waals surface area (Å²) in [5, 5.41) is 5.89. The van der Waals surface area contributed by atoms with Crippen LogP contribution in [0, 0.1) is 0 Å². The minimum absolute atomic E-state index is 0.0482. The number of ether oxygens (including phenoxy) is 1. The Kier molecular flexibility index (Phi) is 5.82. The lowest BCUT2D eigenvalue weighted by atomic mass is 9.90. The Morgan fingerprint density at radius 1 is 1.18 bits per heavy atom. The zero-order chi connectivity index (χ0) is 19.4. The smallest absolute Gasteiger partial charge is 0.234 e. The van der Waals surface area contributed by atoms with Gasteiger partial charge in [0.05, 0.1) is 17.7 Å². The zero-order valence-corrected chi connectivity index (χ0v) is 17.4. The number of aliphatic imine (C=N–C) groups is 2. The summed E-state index contributed by atoms with van der Waals surface area (Å²) in [6, 6.07) is 11.5. The second-order valence-corrected chi connectivity index (χ2v) is 8.87. The molecule has 1 fully saturated rings. The third-order valence-corrected chi connectivity index (χ3v) is 6.80. The molecule has 0 bridgehead atoms. The number of rotatable bonds is 5. The van der Waals surface area contributed by atoms with E-state index in [-0.39, 0.29) is 11.6 Å². The summed E-state index contributed by atoms with van der Waals surface area (Å²) in [5.74, 6) is 1.03. The van der Waals surface area contributed by atoms with Crippen molar-refractivity contribution in [2.75, 3.05) is 18.2 Å². The largest absolute Gasteiger partial charge is 0.497 e. The molecule has 1 amide bonds. The number of benzene rings is 1. The van der Waals surface area contributed by atoms with Gasteiger partial charge < -0.3 is 10.1 Å². The number of methoxy groups -OCH3 is 1. The zero-order valence-electron chi connectivity index (χ0n) is 15.8. The van der Waals surface area contributed by atoms with E-state index in [4.69, 9.17) is 14.7 Å². The number of amides is 1. The monoisotopic (exact) mass is 413 g/mol. The van der Waals surface area contributed by atoms with E-state index in [1.165, 1.54) is 31.0 Å². The fourth-order valence-corrected chi connectivity index (χ4v) is 5.19. The highest BCUT2D eigenvalue weighted by atomic mass is 32.2. The number of thioether (sulfide) groups is 1. The van der Waals surface area contributed by atoms with Crippen LogP contribution in [0.5, 0.6) is 5.75 Å². The molecule has 0 unspecified atom stereocenters. The Labute approximate surface area is 173 Å². The lowest BCUT2D eigenvalue weighted by Gasteiger charge is -2.27. The van der Waals surface area contributed by atoms with Crippen molar-refractivity contribution < 1.29 is 9.53 Å². The van der Waals surface area contributed by atoms with Gasteiger partial charge in [-0.1, -0.05) is 24.2 Å². The fraction of sp³-hybridized carbons (Fsp3) is 0.381. The number of hydrogen-bond donors (Lipinski definition) is 1. The second-order valence-electron chi connectivity index (χ2n) is 6.96. The number of thiophene rings is 1. The molecular formula is C21H23N3O2S2. The average molecular weight is 414 g/mol. The van der Waals surface area contributed by atoms with E-state index in [0.29, 0.717) is 5.75 Å². The summed E-state index contributed by atoms with van der Waals surface area (Å²) in [5.41, 5.74) is 1.42. The van der Waals surface area contributed by atoms with Gasteiger partial charge in [-0.15, -0.1) is 11.3 Å². The topological polar surface area (TPSA) is 63.0 Å². The molecule has 7 heteroatoms. The first-order valence-electron chi connectivity index (χ1n) is 9.48. The van der Waals surface area contributed by atoms with Gasteiger partial charge in [0.2, 0.25) is 5.91 Å². The van der Waals surface area contributed by atoms with Crippen molar-refractivity contribution in [3.8, 4) is 5.75 Å². The van der Waals surface area contributed by atoms with Gasteiger partial charge in [-0.3, -0.25) is 9.79 Å². The molecule has 1 aliphatic heterocycles. The molecule has 5 nitrogen and oxygen atoms in total. The lowest BCUT2D eigenvalue weighted by molar-refractivity contribution is -0.113. The maximum atomic E-state index is 12.4. The summed E-state index contributed by atoms with van der Waals surface area (Å²) >= 11 is 3.16. The molecule has 1 spiro atoms. The van der Waals surface area contributed by atoms with Crippen LogP contribution in [-0.4, -0.2) is 35.2 Å². The van der Waals surface area contributed by atoms with E-state index >= 15 is 0 Å². The highest BCUT2D eigenvalue weighted by Crippen LogP contribution is 2.39. The lowest BCUT2D eigenvalue weighted by Crippen LogP contribution is -2.25. The number of hydrogen-bond acceptors (Lipinski definition) is 6. The van der Waals surface area contributed by atoms with Gasteiger partial charge in [0, 0.05) is 5.69 Å². The molecule has 1 N–H and O–H groups in total. The van der Waals surface area contributed by atoms with E-state index in [0.717, 1.165) is 39.9 Å². The predicted octanol–water partition coefficient (Wildman–Crippen LogP) is 4.99. The van der Waals surface area contributed by atoms with Crippen molar-refractivity contribution >= 4 is 45.4 Å². The molecular weight excluding hydrogens is 390 g/mol. The van der Waals surface area contributed by atoms with Crippen LogP contribution in [0.15, 0.2) is 51.8 Å². The van der Waals surface area contributed by atoms with Crippen LogP contribution in [0.1, 0.15) is 37.0 Å². The molecule has 146 valence electrons. The van der Waals surface area contributed by atoms with Gasteiger partial charge in [-0.05, 0) is 61.4 Å². The first-order chi connectivity index (χ1) is 13.7. The van der Waals surface area contributed by atoms with Crippen LogP contribution in [0.2, 0.25) is 0 Å². The van der Waals surface area contributed by atoms with E-state index in [1.807, 2.05) is 30.3 Å². The molecule has 2 aliphatic rings. The van der Waals surface area contributed by atoms with Crippen molar-refractivity contribution in [1.82, 2.24) is 0 Å². The van der Waals surface area contributed by atoms with E-state index in [2.05, 4.69) is 16.8 Å². The molecule has 2 aromatic rings. The highest BCUT2D eigenvalue weighted by molar-refractivity contribution is 8.16. The quantitative estimate of drug-likeness (QED) is 0.751. The number of nitrogens with one attached hydrogen (secondary N) is 1. The normalized spacial score (nSPS) is 17.9. The van der Waals surface area contributed by atoms with Crippen molar-refractivity contribution in [1.29, 1.82) is 0 Å². The maximum Gasteiger partial charge on any atom is 0.234 e. The molecule has 0 saturated heterocycles. The van der Waals surface area contributed by atoms with Gasteiger partial charge >= 0.3 is 0 Å².